The van der Waals surface area contributed by atoms with Crippen molar-refractivity contribution < 1.29 is 14.2 Å². The van der Waals surface area contributed by atoms with Gasteiger partial charge in [0.1, 0.15) is 0 Å². The first kappa shape index (κ1) is 8.48. The van der Waals surface area contributed by atoms with Crippen molar-refractivity contribution in [3.63, 3.8) is 0 Å². The molecule has 3 rings (SSSR count). The number of hydrogen-bond acceptors (Lipinski definition) is 3. The number of rotatable bonds is 3. The zero-order valence-electron chi connectivity index (χ0n) is 7.54. The molecular formula is C9H16O3. The quantitative estimate of drug-likeness (QED) is 0.646. The van der Waals surface area contributed by atoms with Gasteiger partial charge in [0, 0.05) is 5.41 Å². The minimum absolute atomic E-state index is 0.171. The molecule has 3 nitrogen and oxygen atoms in total. The van der Waals surface area contributed by atoms with E-state index in [-0.39, 0.29) is 11.9 Å². The van der Waals surface area contributed by atoms with E-state index >= 15 is 0 Å². The van der Waals surface area contributed by atoms with Crippen LogP contribution in [0.1, 0.15) is 26.2 Å². The summed E-state index contributed by atoms with van der Waals surface area (Å²) in [6.07, 6.45) is 3.63. The van der Waals surface area contributed by atoms with Crippen LogP contribution in [0, 0.1) is 5.41 Å². The Labute approximate surface area is 73.0 Å². The summed E-state index contributed by atoms with van der Waals surface area (Å²) in [7, 11) is 0. The molecule has 3 heteroatoms. The molecular weight excluding hydrogens is 156 g/mol. The lowest BCUT2D eigenvalue weighted by molar-refractivity contribution is -0.395. The normalized spacial score (nSPS) is 40.2. The van der Waals surface area contributed by atoms with Gasteiger partial charge in [-0.3, -0.25) is 0 Å². The van der Waals surface area contributed by atoms with Crippen LogP contribution in [-0.4, -0.2) is 26.3 Å². The SMILES string of the molecule is CCCCC12COC(OC1)OC2. The molecule has 2 bridgehead atoms. The van der Waals surface area contributed by atoms with Crippen LogP contribution in [0.15, 0.2) is 0 Å². The van der Waals surface area contributed by atoms with E-state index in [2.05, 4.69) is 6.92 Å². The van der Waals surface area contributed by atoms with Gasteiger partial charge in [0.15, 0.2) is 0 Å². The van der Waals surface area contributed by atoms with Gasteiger partial charge in [-0.15, -0.1) is 0 Å². The molecule has 0 radical (unpaired) electrons. The predicted octanol–water partition coefficient (Wildman–Crippen LogP) is 1.52. The average molecular weight is 172 g/mol. The molecule has 3 saturated heterocycles. The molecule has 12 heavy (non-hydrogen) atoms. The van der Waals surface area contributed by atoms with Gasteiger partial charge < -0.3 is 14.2 Å². The van der Waals surface area contributed by atoms with Crippen LogP contribution in [0.4, 0.5) is 0 Å². The minimum Gasteiger partial charge on any atom is -0.329 e. The maximum atomic E-state index is 5.33. The third kappa shape index (κ3) is 1.49. The third-order valence-electron chi connectivity index (χ3n) is 2.64. The van der Waals surface area contributed by atoms with Crippen LogP contribution in [0.3, 0.4) is 0 Å². The highest BCUT2D eigenvalue weighted by molar-refractivity contribution is 4.83. The lowest BCUT2D eigenvalue weighted by atomic mass is 9.84. The summed E-state index contributed by atoms with van der Waals surface area (Å²) in [6.45, 7) is 4.29. The highest BCUT2D eigenvalue weighted by atomic mass is 16.9. The van der Waals surface area contributed by atoms with Gasteiger partial charge in [-0.25, -0.2) is 0 Å². The summed E-state index contributed by atoms with van der Waals surface area (Å²) < 4.78 is 16.0. The summed E-state index contributed by atoms with van der Waals surface area (Å²) in [4.78, 5) is 0. The second kappa shape index (κ2) is 3.32. The van der Waals surface area contributed by atoms with E-state index < -0.39 is 0 Å². The molecule has 3 aliphatic heterocycles. The van der Waals surface area contributed by atoms with Gasteiger partial charge in [0.05, 0.1) is 19.8 Å². The summed E-state index contributed by atoms with van der Waals surface area (Å²) in [5.41, 5.74) is 0.171. The van der Waals surface area contributed by atoms with Gasteiger partial charge >= 0.3 is 0 Å². The number of unbranched alkanes of at least 4 members (excludes halogenated alkanes) is 1. The van der Waals surface area contributed by atoms with Gasteiger partial charge in [-0.2, -0.15) is 0 Å². The first-order valence-electron chi connectivity index (χ1n) is 4.69. The summed E-state index contributed by atoms with van der Waals surface area (Å²) in [5, 5.41) is 0. The number of hydrogen-bond donors (Lipinski definition) is 0. The van der Waals surface area contributed by atoms with E-state index in [9.17, 15) is 0 Å². The van der Waals surface area contributed by atoms with Crippen molar-refractivity contribution in [2.24, 2.45) is 5.41 Å². The fourth-order valence-corrected chi connectivity index (χ4v) is 1.77. The predicted molar refractivity (Wildman–Crippen MR) is 43.6 cm³/mol. The molecule has 3 heterocycles. The van der Waals surface area contributed by atoms with E-state index in [1.54, 1.807) is 0 Å². The number of ether oxygens (including phenoxy) is 3. The molecule has 0 aromatic rings. The maximum Gasteiger partial charge on any atom is 0.271 e. The van der Waals surface area contributed by atoms with Crippen molar-refractivity contribution in [2.75, 3.05) is 19.8 Å². The average Bonchev–Trinajstić information content (AvgIpc) is 2.18. The van der Waals surface area contributed by atoms with Crippen LogP contribution in [0.25, 0.3) is 0 Å². The Kier molecular flexibility index (Phi) is 2.35. The first-order valence-corrected chi connectivity index (χ1v) is 4.69. The molecule has 0 aromatic carbocycles. The van der Waals surface area contributed by atoms with Crippen molar-refractivity contribution in [3.05, 3.63) is 0 Å². The summed E-state index contributed by atoms with van der Waals surface area (Å²) >= 11 is 0. The standard InChI is InChI=1S/C9H16O3/c1-2-3-4-9-5-10-8(11-6-9)12-7-9/h8H,2-7H2,1H3. The Balaban J connectivity index is 1.90. The summed E-state index contributed by atoms with van der Waals surface area (Å²) in [6, 6.07) is 0. The van der Waals surface area contributed by atoms with Crippen LogP contribution in [-0.2, 0) is 14.2 Å². The Morgan fingerprint density at radius 1 is 1.17 bits per heavy atom. The van der Waals surface area contributed by atoms with E-state index in [4.69, 9.17) is 14.2 Å². The van der Waals surface area contributed by atoms with E-state index in [1.807, 2.05) is 0 Å². The van der Waals surface area contributed by atoms with Gasteiger partial charge in [-0.1, -0.05) is 19.8 Å². The fourth-order valence-electron chi connectivity index (χ4n) is 1.77. The Morgan fingerprint density at radius 2 is 1.75 bits per heavy atom. The molecule has 0 aliphatic carbocycles. The largest absolute Gasteiger partial charge is 0.329 e. The minimum atomic E-state index is -0.367. The second-order valence-electron chi connectivity index (χ2n) is 3.83. The zero-order valence-corrected chi connectivity index (χ0v) is 7.54. The van der Waals surface area contributed by atoms with E-state index in [1.165, 1.54) is 12.8 Å². The van der Waals surface area contributed by atoms with Crippen LogP contribution in [0.2, 0.25) is 0 Å². The highest BCUT2D eigenvalue weighted by Crippen LogP contribution is 2.35. The molecule has 0 N–H and O–H groups in total. The second-order valence-corrected chi connectivity index (χ2v) is 3.83. The fraction of sp³-hybridized carbons (Fsp3) is 1.00. The molecule has 3 aliphatic rings. The molecule has 0 amide bonds. The smallest absolute Gasteiger partial charge is 0.271 e. The van der Waals surface area contributed by atoms with Crippen molar-refractivity contribution in [1.29, 1.82) is 0 Å². The van der Waals surface area contributed by atoms with Crippen molar-refractivity contribution in [1.82, 2.24) is 0 Å². The van der Waals surface area contributed by atoms with E-state index in [0.717, 1.165) is 26.2 Å². The highest BCUT2D eigenvalue weighted by Gasteiger charge is 2.42. The van der Waals surface area contributed by atoms with Crippen molar-refractivity contribution in [3.8, 4) is 0 Å². The lowest BCUT2D eigenvalue weighted by Gasteiger charge is -2.45. The molecule has 0 atom stereocenters. The van der Waals surface area contributed by atoms with Gasteiger partial charge in [0.2, 0.25) is 0 Å². The Bertz CT molecular complexity index is 136. The van der Waals surface area contributed by atoms with Gasteiger partial charge in [-0.05, 0) is 6.42 Å². The molecule has 3 fully saturated rings. The molecule has 0 aromatic heterocycles. The molecule has 0 spiro atoms. The number of fused-ring (bicyclic) bond motifs is 3. The molecule has 0 saturated carbocycles. The monoisotopic (exact) mass is 172 g/mol. The molecule has 0 unspecified atom stereocenters. The first-order chi connectivity index (χ1) is 5.85. The Hall–Kier alpha value is -0.120. The van der Waals surface area contributed by atoms with Crippen molar-refractivity contribution >= 4 is 0 Å². The van der Waals surface area contributed by atoms with Crippen LogP contribution in [0.5, 0.6) is 0 Å². The maximum absolute atomic E-state index is 5.33. The topological polar surface area (TPSA) is 27.7 Å². The van der Waals surface area contributed by atoms with E-state index in [0.29, 0.717) is 0 Å². The van der Waals surface area contributed by atoms with Crippen LogP contribution < -0.4 is 0 Å². The summed E-state index contributed by atoms with van der Waals surface area (Å²) in [5.74, 6) is 0. The zero-order chi connectivity index (χ0) is 8.44. The van der Waals surface area contributed by atoms with Crippen LogP contribution >= 0.6 is 0 Å². The Morgan fingerprint density at radius 3 is 2.25 bits per heavy atom. The molecule has 70 valence electrons. The van der Waals surface area contributed by atoms with Gasteiger partial charge in [0.25, 0.3) is 6.48 Å². The van der Waals surface area contributed by atoms with Crippen molar-refractivity contribution in [2.45, 2.75) is 32.7 Å². The lowest BCUT2D eigenvalue weighted by Crippen LogP contribution is -2.52. The third-order valence-corrected chi connectivity index (χ3v) is 2.64.